The number of hydrogen-bond donors (Lipinski definition) is 0. The lowest BCUT2D eigenvalue weighted by atomic mass is 9.78. The summed E-state index contributed by atoms with van der Waals surface area (Å²) in [6, 6.07) is 4.79. The summed E-state index contributed by atoms with van der Waals surface area (Å²) in [6.07, 6.45) is 3.09. The molecule has 1 aliphatic rings. The van der Waals surface area contributed by atoms with Crippen molar-refractivity contribution >= 4 is 17.4 Å². The molecule has 0 bridgehead atoms. The molecule has 1 fully saturated rings. The van der Waals surface area contributed by atoms with Gasteiger partial charge in [-0.25, -0.2) is 4.39 Å². The number of carbonyl (C=O) groups is 1. The summed E-state index contributed by atoms with van der Waals surface area (Å²) < 4.78 is 13.3. The first-order valence-corrected chi connectivity index (χ1v) is 6.41. The molecule has 0 saturated heterocycles. The zero-order valence-corrected chi connectivity index (χ0v) is 10.6. The highest BCUT2D eigenvalue weighted by Crippen LogP contribution is 2.31. The van der Waals surface area contributed by atoms with Gasteiger partial charge in [0.15, 0.2) is 0 Å². The predicted molar refractivity (Wildman–Crippen MR) is 66.6 cm³/mol. The molecule has 2 rings (SSSR count). The molecule has 92 valence electrons. The minimum atomic E-state index is -0.402. The fraction of sp³-hybridized carbons (Fsp3) is 0.500. The van der Waals surface area contributed by atoms with E-state index < -0.39 is 5.82 Å². The van der Waals surface area contributed by atoms with E-state index in [1.807, 2.05) is 0 Å². The molecule has 0 radical (unpaired) electrons. The number of Topliss-reactive ketones (excluding diaryl/α,β-unsaturated/α-hetero) is 1. The summed E-state index contributed by atoms with van der Waals surface area (Å²) in [5.74, 6) is 0.479. The molecule has 0 aliphatic heterocycles. The number of halogens is 2. The lowest BCUT2D eigenvalue weighted by Gasteiger charge is -2.25. The van der Waals surface area contributed by atoms with Crippen molar-refractivity contribution in [3.05, 3.63) is 34.6 Å². The monoisotopic (exact) mass is 254 g/mol. The predicted octanol–water partition coefficient (Wildman–Crippen LogP) is 4.03. The Kier molecular flexibility index (Phi) is 3.82. The van der Waals surface area contributed by atoms with Crippen molar-refractivity contribution in [2.45, 2.75) is 32.6 Å². The zero-order chi connectivity index (χ0) is 12.4. The summed E-state index contributed by atoms with van der Waals surface area (Å²) in [5, 5.41) is 0.165. The topological polar surface area (TPSA) is 17.1 Å². The van der Waals surface area contributed by atoms with Gasteiger partial charge in [0.25, 0.3) is 0 Å². The van der Waals surface area contributed by atoms with E-state index in [9.17, 15) is 9.18 Å². The van der Waals surface area contributed by atoms with Gasteiger partial charge < -0.3 is 0 Å². The smallest absolute Gasteiger partial charge is 0.142 e. The Hall–Kier alpha value is -0.890. The highest BCUT2D eigenvalue weighted by atomic mass is 35.5. The number of benzene rings is 1. The fourth-order valence-corrected chi connectivity index (χ4v) is 2.70. The quantitative estimate of drug-likeness (QED) is 0.779. The van der Waals surface area contributed by atoms with Crippen LogP contribution in [0, 0.1) is 17.7 Å². The first-order valence-electron chi connectivity index (χ1n) is 6.03. The highest BCUT2D eigenvalue weighted by molar-refractivity contribution is 6.31. The van der Waals surface area contributed by atoms with Crippen LogP contribution < -0.4 is 0 Å². The summed E-state index contributed by atoms with van der Waals surface area (Å²) in [5.41, 5.74) is 0.749. The van der Waals surface area contributed by atoms with E-state index in [-0.39, 0.29) is 10.9 Å². The Morgan fingerprint density at radius 1 is 1.47 bits per heavy atom. The van der Waals surface area contributed by atoms with Crippen molar-refractivity contribution in [1.29, 1.82) is 0 Å². The van der Waals surface area contributed by atoms with Crippen LogP contribution in [-0.2, 0) is 11.2 Å². The molecular formula is C14H16ClFO. The van der Waals surface area contributed by atoms with E-state index in [1.165, 1.54) is 6.07 Å². The SMILES string of the molecule is CC1CCC(=O)C(Cc2cccc(F)c2Cl)C1. The van der Waals surface area contributed by atoms with Gasteiger partial charge in [-0.1, -0.05) is 30.7 Å². The van der Waals surface area contributed by atoms with Gasteiger partial charge in [-0.15, -0.1) is 0 Å². The third kappa shape index (κ3) is 2.86. The molecule has 2 atom stereocenters. The normalized spacial score (nSPS) is 25.0. The van der Waals surface area contributed by atoms with Crippen molar-refractivity contribution in [1.82, 2.24) is 0 Å². The van der Waals surface area contributed by atoms with Crippen molar-refractivity contribution in [2.24, 2.45) is 11.8 Å². The van der Waals surface area contributed by atoms with Gasteiger partial charge in [-0.05, 0) is 36.8 Å². The largest absolute Gasteiger partial charge is 0.299 e. The molecule has 0 spiro atoms. The summed E-state index contributed by atoms with van der Waals surface area (Å²) >= 11 is 5.91. The van der Waals surface area contributed by atoms with Gasteiger partial charge >= 0.3 is 0 Å². The zero-order valence-electron chi connectivity index (χ0n) is 9.88. The molecule has 1 aromatic rings. The van der Waals surface area contributed by atoms with E-state index in [2.05, 4.69) is 6.92 Å². The van der Waals surface area contributed by atoms with Gasteiger partial charge in [0.05, 0.1) is 5.02 Å². The van der Waals surface area contributed by atoms with Gasteiger partial charge in [-0.3, -0.25) is 4.79 Å². The van der Waals surface area contributed by atoms with Crippen LogP contribution in [0.3, 0.4) is 0 Å². The maximum Gasteiger partial charge on any atom is 0.142 e. The molecule has 1 aromatic carbocycles. The van der Waals surface area contributed by atoms with Gasteiger partial charge in [-0.2, -0.15) is 0 Å². The second-order valence-electron chi connectivity index (χ2n) is 4.96. The highest BCUT2D eigenvalue weighted by Gasteiger charge is 2.27. The van der Waals surface area contributed by atoms with Gasteiger partial charge in [0, 0.05) is 12.3 Å². The maximum atomic E-state index is 13.3. The summed E-state index contributed by atoms with van der Waals surface area (Å²) in [6.45, 7) is 2.16. The average molecular weight is 255 g/mol. The van der Waals surface area contributed by atoms with Crippen LogP contribution in [0.25, 0.3) is 0 Å². The van der Waals surface area contributed by atoms with Gasteiger partial charge in [0.2, 0.25) is 0 Å². The lowest BCUT2D eigenvalue weighted by Crippen LogP contribution is -2.25. The Morgan fingerprint density at radius 2 is 2.24 bits per heavy atom. The number of ketones is 1. The Labute approximate surface area is 106 Å². The molecule has 2 unspecified atom stereocenters. The van der Waals surface area contributed by atoms with Crippen LogP contribution in [0.4, 0.5) is 4.39 Å². The summed E-state index contributed by atoms with van der Waals surface area (Å²) in [7, 11) is 0. The van der Waals surface area contributed by atoms with E-state index in [0.29, 0.717) is 24.5 Å². The molecular weight excluding hydrogens is 239 g/mol. The molecule has 0 aromatic heterocycles. The van der Waals surface area contributed by atoms with Crippen molar-refractivity contribution < 1.29 is 9.18 Å². The maximum absolute atomic E-state index is 13.3. The lowest BCUT2D eigenvalue weighted by molar-refractivity contribution is -0.125. The van der Waals surface area contributed by atoms with E-state index in [1.54, 1.807) is 12.1 Å². The Bertz CT molecular complexity index is 430. The van der Waals surface area contributed by atoms with Crippen LogP contribution in [-0.4, -0.2) is 5.78 Å². The Balaban J connectivity index is 2.14. The van der Waals surface area contributed by atoms with Crippen LogP contribution in [0.1, 0.15) is 31.7 Å². The molecule has 1 nitrogen and oxygen atoms in total. The summed E-state index contributed by atoms with van der Waals surface area (Å²) in [4.78, 5) is 11.8. The molecule has 3 heteroatoms. The number of hydrogen-bond acceptors (Lipinski definition) is 1. The first-order chi connectivity index (χ1) is 8.08. The van der Waals surface area contributed by atoms with Crippen molar-refractivity contribution in [3.8, 4) is 0 Å². The number of carbonyl (C=O) groups excluding carboxylic acids is 1. The van der Waals surface area contributed by atoms with Crippen LogP contribution >= 0.6 is 11.6 Å². The average Bonchev–Trinajstić information content (AvgIpc) is 2.30. The minimum Gasteiger partial charge on any atom is -0.299 e. The Morgan fingerprint density at radius 3 is 3.00 bits per heavy atom. The third-order valence-electron chi connectivity index (χ3n) is 3.52. The van der Waals surface area contributed by atoms with Crippen LogP contribution in [0.5, 0.6) is 0 Å². The molecule has 0 N–H and O–H groups in total. The van der Waals surface area contributed by atoms with E-state index in [4.69, 9.17) is 11.6 Å². The fourth-order valence-electron chi connectivity index (χ4n) is 2.50. The van der Waals surface area contributed by atoms with Crippen molar-refractivity contribution in [3.63, 3.8) is 0 Å². The molecule has 17 heavy (non-hydrogen) atoms. The van der Waals surface area contributed by atoms with E-state index in [0.717, 1.165) is 18.4 Å². The third-order valence-corrected chi connectivity index (χ3v) is 3.95. The molecule has 1 aliphatic carbocycles. The molecule has 1 saturated carbocycles. The van der Waals surface area contributed by atoms with Gasteiger partial charge in [0.1, 0.15) is 11.6 Å². The van der Waals surface area contributed by atoms with Crippen LogP contribution in [0.2, 0.25) is 5.02 Å². The van der Waals surface area contributed by atoms with Crippen molar-refractivity contribution in [2.75, 3.05) is 0 Å². The minimum absolute atomic E-state index is 0.0121. The molecule has 0 amide bonds. The van der Waals surface area contributed by atoms with Crippen LogP contribution in [0.15, 0.2) is 18.2 Å². The standard InChI is InChI=1S/C14H16ClFO/c1-9-5-6-13(17)11(7-9)8-10-3-2-4-12(16)14(10)15/h2-4,9,11H,5-8H2,1H3. The van der Waals surface area contributed by atoms with E-state index >= 15 is 0 Å². The second kappa shape index (κ2) is 5.18. The molecule has 0 heterocycles. The number of rotatable bonds is 2. The first kappa shape index (κ1) is 12.6. The second-order valence-corrected chi connectivity index (χ2v) is 5.34.